The largest absolute Gasteiger partial charge is 0.308 e. The topological polar surface area (TPSA) is 22.0 Å². The molecule has 2 aromatic rings. The van der Waals surface area contributed by atoms with Crippen LogP contribution in [0.2, 0.25) is 5.02 Å². The minimum absolute atomic E-state index is 0.0946. The maximum Gasteiger partial charge on any atom is 0.255 e. The van der Waals surface area contributed by atoms with Crippen molar-refractivity contribution >= 4 is 22.5 Å². The fourth-order valence-corrected chi connectivity index (χ4v) is 3.12. The molecule has 17 heavy (non-hydrogen) atoms. The van der Waals surface area contributed by atoms with Crippen molar-refractivity contribution in [2.24, 2.45) is 0 Å². The summed E-state index contributed by atoms with van der Waals surface area (Å²) in [6.07, 6.45) is 2.77. The average Bonchev–Trinajstić information content (AvgIpc) is 2.36. The summed E-state index contributed by atoms with van der Waals surface area (Å²) >= 11 is 6.36. The molecule has 0 fully saturated rings. The van der Waals surface area contributed by atoms with E-state index in [1.165, 1.54) is 5.56 Å². The first-order valence-electron chi connectivity index (χ1n) is 6.06. The van der Waals surface area contributed by atoms with Gasteiger partial charge in [-0.1, -0.05) is 36.7 Å². The Morgan fingerprint density at radius 2 is 2.24 bits per heavy atom. The summed E-state index contributed by atoms with van der Waals surface area (Å²) in [6.45, 7) is 2.80. The predicted molar refractivity (Wildman–Crippen MR) is 70.9 cm³/mol. The van der Waals surface area contributed by atoms with Gasteiger partial charge in [0.25, 0.3) is 5.56 Å². The quantitative estimate of drug-likeness (QED) is 0.759. The van der Waals surface area contributed by atoms with Crippen LogP contribution in [0.5, 0.6) is 0 Å². The van der Waals surface area contributed by atoms with Crippen molar-refractivity contribution in [3.63, 3.8) is 0 Å². The van der Waals surface area contributed by atoms with Crippen LogP contribution in [-0.4, -0.2) is 4.57 Å². The standard InChI is InChI=1S/C14H14ClNO/c1-2-10-12(15)11-7-3-5-9-6-4-8-16(13(9)11)14(10)17/h3,5,7H,2,4,6,8H2,1H3. The molecule has 2 nitrogen and oxygen atoms in total. The number of rotatable bonds is 1. The molecular formula is C14H14ClNO. The molecule has 1 aliphatic rings. The summed E-state index contributed by atoms with van der Waals surface area (Å²) in [7, 11) is 0. The number of pyridine rings is 1. The van der Waals surface area contributed by atoms with Crippen LogP contribution in [-0.2, 0) is 19.4 Å². The van der Waals surface area contributed by atoms with E-state index in [1.807, 2.05) is 23.6 Å². The Balaban J connectivity index is 2.56. The molecule has 1 aromatic heterocycles. The molecule has 3 heteroatoms. The fraction of sp³-hybridized carbons (Fsp3) is 0.357. The van der Waals surface area contributed by atoms with Gasteiger partial charge < -0.3 is 4.57 Å². The number of hydrogen-bond acceptors (Lipinski definition) is 1. The second-order valence-electron chi connectivity index (χ2n) is 4.52. The van der Waals surface area contributed by atoms with Crippen LogP contribution >= 0.6 is 11.6 Å². The number of aryl methyl sites for hydroxylation is 2. The van der Waals surface area contributed by atoms with Crippen LogP contribution in [0.25, 0.3) is 10.9 Å². The Labute approximate surface area is 105 Å². The zero-order chi connectivity index (χ0) is 12.0. The van der Waals surface area contributed by atoms with Gasteiger partial charge in [0.1, 0.15) is 0 Å². The van der Waals surface area contributed by atoms with E-state index in [1.54, 1.807) is 0 Å². The lowest BCUT2D eigenvalue weighted by molar-refractivity contribution is 0.612. The molecule has 0 N–H and O–H groups in total. The number of halogens is 1. The first kappa shape index (κ1) is 10.8. The molecule has 88 valence electrons. The number of hydrogen-bond donors (Lipinski definition) is 0. The van der Waals surface area contributed by atoms with Gasteiger partial charge in [-0.05, 0) is 24.8 Å². The Hall–Kier alpha value is -1.28. The van der Waals surface area contributed by atoms with Gasteiger partial charge in [0.2, 0.25) is 0 Å². The van der Waals surface area contributed by atoms with Gasteiger partial charge in [0.05, 0.1) is 10.5 Å². The number of nitrogens with zero attached hydrogens (tertiary/aromatic N) is 1. The van der Waals surface area contributed by atoms with E-state index in [0.717, 1.165) is 35.9 Å². The number of aromatic nitrogens is 1. The van der Waals surface area contributed by atoms with E-state index in [4.69, 9.17) is 11.6 Å². The molecule has 0 radical (unpaired) electrons. The van der Waals surface area contributed by atoms with Crippen LogP contribution in [0, 0.1) is 0 Å². The second kappa shape index (κ2) is 3.88. The Bertz CT molecular complexity index is 657. The van der Waals surface area contributed by atoms with E-state index in [0.29, 0.717) is 11.4 Å². The lowest BCUT2D eigenvalue weighted by atomic mass is 9.99. The summed E-state index contributed by atoms with van der Waals surface area (Å²) in [5.41, 5.74) is 3.14. The lowest BCUT2D eigenvalue weighted by Crippen LogP contribution is -2.27. The lowest BCUT2D eigenvalue weighted by Gasteiger charge is -2.21. The predicted octanol–water partition coefficient (Wildman–Crippen LogP) is 3.16. The van der Waals surface area contributed by atoms with Crippen molar-refractivity contribution in [1.29, 1.82) is 0 Å². The summed E-state index contributed by atoms with van der Waals surface area (Å²) in [5.74, 6) is 0. The van der Waals surface area contributed by atoms with Crippen LogP contribution in [0.15, 0.2) is 23.0 Å². The van der Waals surface area contributed by atoms with Crippen molar-refractivity contribution in [2.45, 2.75) is 32.7 Å². The first-order valence-corrected chi connectivity index (χ1v) is 6.44. The highest BCUT2D eigenvalue weighted by Crippen LogP contribution is 2.30. The molecule has 0 atom stereocenters. The molecule has 0 saturated heterocycles. The van der Waals surface area contributed by atoms with Crippen molar-refractivity contribution in [2.75, 3.05) is 0 Å². The Morgan fingerprint density at radius 3 is 3.00 bits per heavy atom. The van der Waals surface area contributed by atoms with Crippen LogP contribution < -0.4 is 5.56 Å². The Morgan fingerprint density at radius 1 is 1.41 bits per heavy atom. The van der Waals surface area contributed by atoms with Crippen LogP contribution in [0.3, 0.4) is 0 Å². The van der Waals surface area contributed by atoms with Gasteiger partial charge in [0, 0.05) is 17.5 Å². The maximum atomic E-state index is 12.3. The molecular weight excluding hydrogens is 234 g/mol. The molecule has 2 heterocycles. The van der Waals surface area contributed by atoms with E-state index in [-0.39, 0.29) is 5.56 Å². The molecule has 0 unspecified atom stereocenters. The summed E-state index contributed by atoms with van der Waals surface area (Å²) in [4.78, 5) is 12.3. The number of para-hydroxylation sites is 1. The monoisotopic (exact) mass is 247 g/mol. The zero-order valence-electron chi connectivity index (χ0n) is 9.79. The van der Waals surface area contributed by atoms with Gasteiger partial charge in [-0.25, -0.2) is 0 Å². The molecule has 3 rings (SSSR count). The van der Waals surface area contributed by atoms with Gasteiger partial charge in [-0.15, -0.1) is 0 Å². The SMILES string of the molecule is CCc1c(Cl)c2cccc3c2n(c1=O)CCC3. The van der Waals surface area contributed by atoms with Gasteiger partial charge >= 0.3 is 0 Å². The minimum atomic E-state index is 0.0946. The van der Waals surface area contributed by atoms with Crippen molar-refractivity contribution in [1.82, 2.24) is 4.57 Å². The second-order valence-corrected chi connectivity index (χ2v) is 4.90. The van der Waals surface area contributed by atoms with E-state index >= 15 is 0 Å². The average molecular weight is 248 g/mol. The third kappa shape index (κ3) is 1.44. The van der Waals surface area contributed by atoms with Crippen molar-refractivity contribution in [3.05, 3.63) is 44.7 Å². The first-order chi connectivity index (χ1) is 8.24. The molecule has 1 aliphatic heterocycles. The molecule has 0 bridgehead atoms. The van der Waals surface area contributed by atoms with Crippen LogP contribution in [0.1, 0.15) is 24.5 Å². The van der Waals surface area contributed by atoms with E-state index < -0.39 is 0 Å². The van der Waals surface area contributed by atoms with E-state index in [9.17, 15) is 4.79 Å². The Kier molecular flexibility index (Phi) is 2.48. The summed E-state index contributed by atoms with van der Waals surface area (Å²) in [6, 6.07) is 6.14. The van der Waals surface area contributed by atoms with Gasteiger partial charge in [-0.3, -0.25) is 4.79 Å². The van der Waals surface area contributed by atoms with Gasteiger partial charge in [-0.2, -0.15) is 0 Å². The highest BCUT2D eigenvalue weighted by atomic mass is 35.5. The molecule has 0 spiro atoms. The molecule has 1 aromatic carbocycles. The number of benzene rings is 1. The highest BCUT2D eigenvalue weighted by molar-refractivity contribution is 6.36. The smallest absolute Gasteiger partial charge is 0.255 e. The molecule has 0 aliphatic carbocycles. The summed E-state index contributed by atoms with van der Waals surface area (Å²) in [5, 5.41) is 1.67. The van der Waals surface area contributed by atoms with Gasteiger partial charge in [0.15, 0.2) is 0 Å². The fourth-order valence-electron chi connectivity index (χ4n) is 2.76. The molecule has 0 saturated carbocycles. The third-order valence-electron chi connectivity index (χ3n) is 3.58. The zero-order valence-corrected chi connectivity index (χ0v) is 10.5. The molecule has 0 amide bonds. The highest BCUT2D eigenvalue weighted by Gasteiger charge is 2.18. The van der Waals surface area contributed by atoms with Crippen molar-refractivity contribution < 1.29 is 0 Å². The summed E-state index contributed by atoms with van der Waals surface area (Å²) < 4.78 is 1.90. The minimum Gasteiger partial charge on any atom is -0.308 e. The maximum absolute atomic E-state index is 12.3. The third-order valence-corrected chi connectivity index (χ3v) is 4.01. The normalized spacial score (nSPS) is 14.2. The van der Waals surface area contributed by atoms with Crippen molar-refractivity contribution in [3.8, 4) is 0 Å². The van der Waals surface area contributed by atoms with E-state index in [2.05, 4.69) is 6.07 Å². The van der Waals surface area contributed by atoms with Crippen LogP contribution in [0.4, 0.5) is 0 Å².